The molecular formula is C21H19F3N2O4S. The molecule has 3 rings (SSSR count). The molecular weight excluding hydrogens is 433 g/mol. The maximum atomic E-state index is 12.8. The van der Waals surface area contributed by atoms with Gasteiger partial charge in [-0.3, -0.25) is 4.79 Å². The van der Waals surface area contributed by atoms with Crippen LogP contribution in [-0.4, -0.2) is 28.0 Å². The molecule has 0 aliphatic carbocycles. The Hall–Kier alpha value is -3.11. The Balaban J connectivity index is 1.59. The number of hydrogen-bond donors (Lipinski definition) is 2. The Morgan fingerprint density at radius 1 is 1.00 bits per heavy atom. The van der Waals surface area contributed by atoms with E-state index in [-0.39, 0.29) is 6.54 Å². The molecule has 0 atom stereocenters. The number of methoxy groups -OCH3 is 1. The Kier molecular flexibility index (Phi) is 6.51. The van der Waals surface area contributed by atoms with Crippen LogP contribution in [0.3, 0.4) is 0 Å². The second-order valence-corrected chi connectivity index (χ2v) is 8.44. The molecule has 0 spiro atoms. The monoisotopic (exact) mass is 452 g/mol. The number of ether oxygens (including phenoxy) is 1. The first-order valence-electron chi connectivity index (χ1n) is 9.09. The molecule has 3 aromatic carbocycles. The lowest BCUT2D eigenvalue weighted by Crippen LogP contribution is -2.36. The maximum Gasteiger partial charge on any atom is 0.416 e. The van der Waals surface area contributed by atoms with E-state index in [0.29, 0.717) is 6.07 Å². The molecule has 1 amide bonds. The minimum absolute atomic E-state index is 0.159. The van der Waals surface area contributed by atoms with E-state index in [2.05, 4.69) is 5.32 Å². The third-order valence-corrected chi connectivity index (χ3v) is 5.89. The summed E-state index contributed by atoms with van der Waals surface area (Å²) in [6, 6.07) is 14.4. The summed E-state index contributed by atoms with van der Waals surface area (Å²) < 4.78 is 70.0. The zero-order valence-corrected chi connectivity index (χ0v) is 17.2. The summed E-state index contributed by atoms with van der Waals surface area (Å²) in [5.74, 6) is 0.104. The molecule has 0 saturated heterocycles. The molecule has 0 unspecified atom stereocenters. The second-order valence-electron chi connectivity index (χ2n) is 6.67. The average molecular weight is 452 g/mol. The first kappa shape index (κ1) is 22.6. The number of benzene rings is 3. The van der Waals surface area contributed by atoms with Crippen LogP contribution in [0.25, 0.3) is 10.8 Å². The van der Waals surface area contributed by atoms with Crippen molar-refractivity contribution in [3.8, 4) is 5.75 Å². The standard InChI is InChI=1S/C21H19F3N2O4S/c1-30-18-8-7-15-9-14(5-6-16(15)10-18)12-25-20(27)13-26-31(28,29)19-4-2-3-17(11-19)21(22,23)24/h2-11,26H,12-13H2,1H3,(H,25,27). The SMILES string of the molecule is COc1ccc2cc(CNC(=O)CNS(=O)(=O)c3cccc(C(F)(F)F)c3)ccc2c1. The van der Waals surface area contributed by atoms with Crippen LogP contribution in [0, 0.1) is 0 Å². The molecule has 0 aromatic heterocycles. The van der Waals surface area contributed by atoms with Crippen LogP contribution in [-0.2, 0) is 27.5 Å². The predicted molar refractivity (Wildman–Crippen MR) is 109 cm³/mol. The van der Waals surface area contributed by atoms with Crippen molar-refractivity contribution >= 4 is 26.7 Å². The molecule has 10 heteroatoms. The van der Waals surface area contributed by atoms with Crippen LogP contribution >= 0.6 is 0 Å². The summed E-state index contributed by atoms with van der Waals surface area (Å²) >= 11 is 0. The van der Waals surface area contributed by atoms with Crippen molar-refractivity contribution in [2.75, 3.05) is 13.7 Å². The number of halogens is 3. The highest BCUT2D eigenvalue weighted by Gasteiger charge is 2.31. The van der Waals surface area contributed by atoms with Gasteiger partial charge in [0.25, 0.3) is 0 Å². The lowest BCUT2D eigenvalue weighted by Gasteiger charge is -2.11. The van der Waals surface area contributed by atoms with Gasteiger partial charge in [0.1, 0.15) is 5.75 Å². The van der Waals surface area contributed by atoms with E-state index in [0.717, 1.165) is 40.3 Å². The van der Waals surface area contributed by atoms with Crippen LogP contribution in [0.4, 0.5) is 13.2 Å². The topological polar surface area (TPSA) is 84.5 Å². The highest BCUT2D eigenvalue weighted by atomic mass is 32.2. The molecule has 0 saturated carbocycles. The highest BCUT2D eigenvalue weighted by Crippen LogP contribution is 2.30. The summed E-state index contributed by atoms with van der Waals surface area (Å²) in [5.41, 5.74) is -0.291. The lowest BCUT2D eigenvalue weighted by molar-refractivity contribution is -0.137. The molecule has 0 bridgehead atoms. The third kappa shape index (κ3) is 5.74. The number of nitrogens with one attached hydrogen (secondary N) is 2. The first-order valence-corrected chi connectivity index (χ1v) is 10.6. The van der Waals surface area contributed by atoms with Crippen LogP contribution in [0.5, 0.6) is 5.75 Å². The average Bonchev–Trinajstić information content (AvgIpc) is 2.75. The van der Waals surface area contributed by atoms with Gasteiger partial charge < -0.3 is 10.1 Å². The number of alkyl halides is 3. The summed E-state index contributed by atoms with van der Waals surface area (Å²) in [6.45, 7) is -0.449. The van der Waals surface area contributed by atoms with Gasteiger partial charge in [-0.25, -0.2) is 13.1 Å². The smallest absolute Gasteiger partial charge is 0.416 e. The number of amides is 1. The van der Waals surface area contributed by atoms with Gasteiger partial charge in [0.2, 0.25) is 15.9 Å². The van der Waals surface area contributed by atoms with Gasteiger partial charge in [-0.15, -0.1) is 0 Å². The largest absolute Gasteiger partial charge is 0.497 e. The molecule has 0 aliphatic heterocycles. The van der Waals surface area contributed by atoms with Crippen molar-refractivity contribution < 1.29 is 31.1 Å². The Morgan fingerprint density at radius 3 is 2.42 bits per heavy atom. The number of fused-ring (bicyclic) bond motifs is 1. The van der Waals surface area contributed by atoms with Crippen molar-refractivity contribution in [3.63, 3.8) is 0 Å². The third-order valence-electron chi connectivity index (χ3n) is 4.50. The summed E-state index contributed by atoms with van der Waals surface area (Å²) in [7, 11) is -2.70. The van der Waals surface area contributed by atoms with E-state index in [9.17, 15) is 26.4 Å². The van der Waals surface area contributed by atoms with E-state index in [4.69, 9.17) is 4.74 Å². The second kappa shape index (κ2) is 8.94. The lowest BCUT2D eigenvalue weighted by atomic mass is 10.1. The molecule has 0 heterocycles. The maximum absolute atomic E-state index is 12.8. The van der Waals surface area contributed by atoms with Crippen LogP contribution in [0.2, 0.25) is 0 Å². The summed E-state index contributed by atoms with van der Waals surface area (Å²) in [6.07, 6.45) is -4.67. The first-order chi connectivity index (χ1) is 14.6. The Morgan fingerprint density at radius 2 is 1.71 bits per heavy atom. The molecule has 31 heavy (non-hydrogen) atoms. The normalized spacial score (nSPS) is 12.0. The number of hydrogen-bond acceptors (Lipinski definition) is 4. The van der Waals surface area contributed by atoms with E-state index < -0.39 is 39.1 Å². The number of rotatable bonds is 7. The molecule has 3 aromatic rings. The fourth-order valence-corrected chi connectivity index (χ4v) is 3.88. The predicted octanol–water partition coefficient (Wildman–Crippen LogP) is 3.46. The van der Waals surface area contributed by atoms with Gasteiger partial charge >= 0.3 is 6.18 Å². The van der Waals surface area contributed by atoms with E-state index >= 15 is 0 Å². The Labute approximate surface area is 177 Å². The minimum Gasteiger partial charge on any atom is -0.497 e. The highest BCUT2D eigenvalue weighted by molar-refractivity contribution is 7.89. The van der Waals surface area contributed by atoms with Crippen molar-refractivity contribution in [1.82, 2.24) is 10.0 Å². The van der Waals surface area contributed by atoms with Gasteiger partial charge in [0.15, 0.2) is 0 Å². The van der Waals surface area contributed by atoms with E-state index in [1.54, 1.807) is 7.11 Å². The van der Waals surface area contributed by atoms with Gasteiger partial charge in [-0.1, -0.05) is 24.3 Å². The molecule has 164 valence electrons. The molecule has 0 aliphatic rings. The van der Waals surface area contributed by atoms with Gasteiger partial charge in [-0.2, -0.15) is 13.2 Å². The fraction of sp³-hybridized carbons (Fsp3) is 0.190. The summed E-state index contributed by atoms with van der Waals surface area (Å²) in [4.78, 5) is 11.5. The number of sulfonamides is 1. The van der Waals surface area contributed by atoms with Crippen molar-refractivity contribution in [1.29, 1.82) is 0 Å². The zero-order valence-electron chi connectivity index (χ0n) is 16.4. The van der Waals surface area contributed by atoms with Crippen molar-refractivity contribution in [2.45, 2.75) is 17.6 Å². The van der Waals surface area contributed by atoms with Crippen molar-refractivity contribution in [3.05, 3.63) is 71.8 Å². The van der Waals surface area contributed by atoms with E-state index in [1.165, 1.54) is 0 Å². The summed E-state index contributed by atoms with van der Waals surface area (Å²) in [5, 5.41) is 4.48. The van der Waals surface area contributed by atoms with Crippen molar-refractivity contribution in [2.24, 2.45) is 0 Å². The van der Waals surface area contributed by atoms with Gasteiger partial charge in [0, 0.05) is 6.54 Å². The van der Waals surface area contributed by atoms with E-state index in [1.807, 2.05) is 41.1 Å². The van der Waals surface area contributed by atoms with Gasteiger partial charge in [-0.05, 0) is 52.7 Å². The molecule has 0 fully saturated rings. The van der Waals surface area contributed by atoms with Gasteiger partial charge in [0.05, 0.1) is 24.1 Å². The molecule has 0 radical (unpaired) electrons. The fourth-order valence-electron chi connectivity index (χ4n) is 2.86. The Bertz CT molecular complexity index is 1210. The van der Waals surface area contributed by atoms with Crippen LogP contribution in [0.1, 0.15) is 11.1 Å². The number of carbonyl (C=O) groups excluding carboxylic acids is 1. The van der Waals surface area contributed by atoms with Crippen LogP contribution < -0.4 is 14.8 Å². The molecule has 6 nitrogen and oxygen atoms in total. The zero-order chi connectivity index (χ0) is 22.6. The quantitative estimate of drug-likeness (QED) is 0.575. The minimum atomic E-state index is -4.67. The van der Waals surface area contributed by atoms with Crippen LogP contribution in [0.15, 0.2) is 65.6 Å². The molecule has 2 N–H and O–H groups in total. The number of carbonyl (C=O) groups is 1.